The molecule has 1 aliphatic rings. The molecule has 0 atom stereocenters. The SMILES string of the molecule is COCCN(C(C)C)C1(CN)CCC(C)CC1. The van der Waals surface area contributed by atoms with Gasteiger partial charge in [0.25, 0.3) is 0 Å². The molecule has 1 aliphatic carbocycles. The maximum absolute atomic E-state index is 6.11. The van der Waals surface area contributed by atoms with E-state index in [0.29, 0.717) is 6.04 Å². The first kappa shape index (κ1) is 14.9. The van der Waals surface area contributed by atoms with Gasteiger partial charge in [0.2, 0.25) is 0 Å². The zero-order valence-electron chi connectivity index (χ0n) is 12.0. The predicted octanol–water partition coefficient (Wildman–Crippen LogP) is 2.25. The smallest absolute Gasteiger partial charge is 0.0590 e. The van der Waals surface area contributed by atoms with E-state index >= 15 is 0 Å². The Labute approximate surface area is 107 Å². The number of ether oxygens (including phenoxy) is 1. The van der Waals surface area contributed by atoms with E-state index in [1.54, 1.807) is 7.11 Å². The van der Waals surface area contributed by atoms with Gasteiger partial charge in [-0.2, -0.15) is 0 Å². The van der Waals surface area contributed by atoms with Gasteiger partial charge in [0.15, 0.2) is 0 Å². The third-order valence-corrected chi connectivity index (χ3v) is 4.35. The maximum Gasteiger partial charge on any atom is 0.0590 e. The van der Waals surface area contributed by atoms with Crippen molar-refractivity contribution < 1.29 is 4.74 Å². The summed E-state index contributed by atoms with van der Waals surface area (Å²) in [5.74, 6) is 0.867. The van der Waals surface area contributed by atoms with Crippen LogP contribution in [0.15, 0.2) is 0 Å². The summed E-state index contributed by atoms with van der Waals surface area (Å²) < 4.78 is 5.24. The van der Waals surface area contributed by atoms with Crippen LogP contribution in [0.1, 0.15) is 46.5 Å². The molecule has 0 aromatic heterocycles. The van der Waals surface area contributed by atoms with Crippen LogP contribution in [0.2, 0.25) is 0 Å². The molecule has 1 fully saturated rings. The van der Waals surface area contributed by atoms with E-state index < -0.39 is 0 Å². The molecule has 0 radical (unpaired) electrons. The molecule has 0 saturated heterocycles. The molecule has 1 rings (SSSR count). The summed E-state index contributed by atoms with van der Waals surface area (Å²) in [4.78, 5) is 2.57. The molecule has 3 heteroatoms. The highest BCUT2D eigenvalue weighted by molar-refractivity contribution is 4.96. The molecule has 0 aromatic carbocycles. The van der Waals surface area contributed by atoms with E-state index in [2.05, 4.69) is 25.7 Å². The predicted molar refractivity (Wildman–Crippen MR) is 73.1 cm³/mol. The Bertz CT molecular complexity index is 210. The van der Waals surface area contributed by atoms with Crippen LogP contribution in [0.25, 0.3) is 0 Å². The van der Waals surface area contributed by atoms with Crippen LogP contribution in [0.4, 0.5) is 0 Å². The minimum absolute atomic E-state index is 0.221. The molecule has 1 saturated carbocycles. The second-order valence-electron chi connectivity index (χ2n) is 5.89. The zero-order chi connectivity index (χ0) is 12.9. The van der Waals surface area contributed by atoms with Crippen LogP contribution in [-0.4, -0.2) is 43.3 Å². The zero-order valence-corrected chi connectivity index (χ0v) is 12.0. The monoisotopic (exact) mass is 242 g/mol. The fourth-order valence-electron chi connectivity index (χ4n) is 3.14. The molecule has 2 N–H and O–H groups in total. The summed E-state index contributed by atoms with van der Waals surface area (Å²) >= 11 is 0. The van der Waals surface area contributed by atoms with Gasteiger partial charge in [-0.05, 0) is 45.4 Å². The van der Waals surface area contributed by atoms with Crippen molar-refractivity contribution in [1.29, 1.82) is 0 Å². The van der Waals surface area contributed by atoms with Gasteiger partial charge >= 0.3 is 0 Å². The first-order chi connectivity index (χ1) is 8.05. The number of nitrogens with zero attached hydrogens (tertiary/aromatic N) is 1. The van der Waals surface area contributed by atoms with Crippen LogP contribution < -0.4 is 5.73 Å². The van der Waals surface area contributed by atoms with Crippen molar-refractivity contribution in [3.8, 4) is 0 Å². The van der Waals surface area contributed by atoms with Crippen molar-refractivity contribution in [1.82, 2.24) is 4.90 Å². The van der Waals surface area contributed by atoms with E-state index in [1.165, 1.54) is 25.7 Å². The topological polar surface area (TPSA) is 38.5 Å². The molecular formula is C14H30N2O. The van der Waals surface area contributed by atoms with Crippen molar-refractivity contribution in [3.63, 3.8) is 0 Å². The Morgan fingerprint density at radius 3 is 2.35 bits per heavy atom. The highest BCUT2D eigenvalue weighted by atomic mass is 16.5. The minimum Gasteiger partial charge on any atom is -0.383 e. The molecule has 0 aliphatic heterocycles. The first-order valence-electron chi connectivity index (χ1n) is 7.01. The standard InChI is InChI=1S/C14H30N2O/c1-12(2)16(9-10-17-4)14(11-15)7-5-13(3)6-8-14/h12-13H,5-11,15H2,1-4H3. The quantitative estimate of drug-likeness (QED) is 0.776. The molecule has 3 nitrogen and oxygen atoms in total. The van der Waals surface area contributed by atoms with Gasteiger partial charge in [0, 0.05) is 31.8 Å². The number of hydrogen-bond acceptors (Lipinski definition) is 3. The summed E-state index contributed by atoms with van der Waals surface area (Å²) in [5, 5.41) is 0. The summed E-state index contributed by atoms with van der Waals surface area (Å²) in [7, 11) is 1.77. The minimum atomic E-state index is 0.221. The first-order valence-corrected chi connectivity index (χ1v) is 7.01. The van der Waals surface area contributed by atoms with E-state index in [9.17, 15) is 0 Å². The Morgan fingerprint density at radius 1 is 1.35 bits per heavy atom. The highest BCUT2D eigenvalue weighted by Gasteiger charge is 2.39. The average Bonchev–Trinajstić information content (AvgIpc) is 2.32. The van der Waals surface area contributed by atoms with Gasteiger partial charge in [0.1, 0.15) is 0 Å². The van der Waals surface area contributed by atoms with Gasteiger partial charge in [0.05, 0.1) is 6.61 Å². The lowest BCUT2D eigenvalue weighted by Crippen LogP contribution is -2.58. The molecule has 0 amide bonds. The lowest BCUT2D eigenvalue weighted by atomic mass is 9.75. The highest BCUT2D eigenvalue weighted by Crippen LogP contribution is 2.36. The van der Waals surface area contributed by atoms with Crippen molar-refractivity contribution in [2.24, 2.45) is 11.7 Å². The number of methoxy groups -OCH3 is 1. The maximum atomic E-state index is 6.11. The van der Waals surface area contributed by atoms with E-state index in [-0.39, 0.29) is 5.54 Å². The van der Waals surface area contributed by atoms with Crippen molar-refractivity contribution in [3.05, 3.63) is 0 Å². The molecular weight excluding hydrogens is 212 g/mol. The van der Waals surface area contributed by atoms with Crippen molar-refractivity contribution in [2.75, 3.05) is 26.8 Å². The van der Waals surface area contributed by atoms with Crippen LogP contribution in [0.3, 0.4) is 0 Å². The van der Waals surface area contributed by atoms with Crippen LogP contribution in [-0.2, 0) is 4.74 Å². The fourth-order valence-corrected chi connectivity index (χ4v) is 3.14. The third kappa shape index (κ3) is 3.67. The Kier molecular flexibility index (Phi) is 5.90. The molecule has 0 spiro atoms. The molecule has 0 aromatic rings. The molecule has 17 heavy (non-hydrogen) atoms. The molecule has 0 heterocycles. The average molecular weight is 242 g/mol. The fraction of sp³-hybridized carbons (Fsp3) is 1.00. The van der Waals surface area contributed by atoms with Gasteiger partial charge in [-0.3, -0.25) is 4.90 Å². The van der Waals surface area contributed by atoms with E-state index in [1.807, 2.05) is 0 Å². The van der Waals surface area contributed by atoms with Crippen LogP contribution >= 0.6 is 0 Å². The van der Waals surface area contributed by atoms with Gasteiger partial charge in [-0.25, -0.2) is 0 Å². The van der Waals surface area contributed by atoms with Crippen LogP contribution in [0.5, 0.6) is 0 Å². The van der Waals surface area contributed by atoms with Gasteiger partial charge < -0.3 is 10.5 Å². The second-order valence-corrected chi connectivity index (χ2v) is 5.89. The Balaban J connectivity index is 2.72. The Morgan fingerprint density at radius 2 is 1.94 bits per heavy atom. The van der Waals surface area contributed by atoms with E-state index in [4.69, 9.17) is 10.5 Å². The number of rotatable bonds is 6. The summed E-state index contributed by atoms with van der Waals surface area (Å²) in [5.41, 5.74) is 6.33. The molecule has 0 bridgehead atoms. The summed E-state index contributed by atoms with van der Waals surface area (Å²) in [6.45, 7) is 9.47. The largest absolute Gasteiger partial charge is 0.383 e. The van der Waals surface area contributed by atoms with Crippen LogP contribution in [0, 0.1) is 5.92 Å². The van der Waals surface area contributed by atoms with E-state index in [0.717, 1.165) is 25.6 Å². The molecule has 102 valence electrons. The lowest BCUT2D eigenvalue weighted by molar-refractivity contribution is 0.00223. The third-order valence-electron chi connectivity index (χ3n) is 4.35. The molecule has 0 unspecified atom stereocenters. The number of nitrogens with two attached hydrogens (primary N) is 1. The van der Waals surface area contributed by atoms with Crippen molar-refractivity contribution >= 4 is 0 Å². The van der Waals surface area contributed by atoms with Gasteiger partial charge in [-0.15, -0.1) is 0 Å². The number of hydrogen-bond donors (Lipinski definition) is 1. The summed E-state index contributed by atoms with van der Waals surface area (Å²) in [6.07, 6.45) is 5.11. The summed E-state index contributed by atoms with van der Waals surface area (Å²) in [6, 6.07) is 0.544. The van der Waals surface area contributed by atoms with Gasteiger partial charge in [-0.1, -0.05) is 6.92 Å². The lowest BCUT2D eigenvalue weighted by Gasteiger charge is -2.49. The normalized spacial score (nSPS) is 30.2. The van der Waals surface area contributed by atoms with Crippen molar-refractivity contribution in [2.45, 2.75) is 58.0 Å². The Hall–Kier alpha value is -0.120. The second kappa shape index (κ2) is 6.72.